The first-order chi connectivity index (χ1) is 14.9. The predicted octanol–water partition coefficient (Wildman–Crippen LogP) is 6.50. The van der Waals surface area contributed by atoms with Crippen LogP contribution in [-0.4, -0.2) is 24.7 Å². The van der Waals surface area contributed by atoms with Crippen LogP contribution in [-0.2, 0) is 0 Å². The highest BCUT2D eigenvalue weighted by molar-refractivity contribution is 14.2. The molecule has 1 aromatic heterocycles. The first kappa shape index (κ1) is 22.7. The third-order valence-electron chi connectivity index (χ3n) is 5.74. The summed E-state index contributed by atoms with van der Waals surface area (Å²) in [4.78, 5) is 12.5. The van der Waals surface area contributed by atoms with E-state index in [0.717, 1.165) is 47.9 Å². The smallest absolute Gasteiger partial charge is 0.258 e. The van der Waals surface area contributed by atoms with Gasteiger partial charge in [0.1, 0.15) is 17.4 Å². The molecule has 0 aliphatic heterocycles. The Morgan fingerprint density at radius 2 is 1.94 bits per heavy atom. The molecule has 1 fully saturated rings. The van der Waals surface area contributed by atoms with Crippen LogP contribution in [0.4, 0.5) is 14.5 Å². The summed E-state index contributed by atoms with van der Waals surface area (Å²) in [7, 11) is 1.49. The first-order valence-corrected chi connectivity index (χ1v) is 12.5. The van der Waals surface area contributed by atoms with Crippen LogP contribution in [0, 0.1) is 17.6 Å². The van der Waals surface area contributed by atoms with Crippen LogP contribution in [0.3, 0.4) is 0 Å². The number of methoxy groups -OCH3 is 1. The third kappa shape index (κ3) is 4.96. The number of halogens is 4. The summed E-state index contributed by atoms with van der Waals surface area (Å²) in [5.74, 6) is -1.06. The molecule has 4 rings (SSSR count). The molecule has 1 aliphatic carbocycles. The Kier molecular flexibility index (Phi) is 6.99. The molecule has 0 atom stereocenters. The van der Waals surface area contributed by atoms with Gasteiger partial charge in [0, 0.05) is 17.6 Å². The van der Waals surface area contributed by atoms with Gasteiger partial charge in [-0.3, -0.25) is 9.48 Å². The summed E-state index contributed by atoms with van der Waals surface area (Å²) in [6.45, 7) is 0. The molecule has 31 heavy (non-hydrogen) atoms. The maximum atomic E-state index is 14.0. The fourth-order valence-electron chi connectivity index (χ4n) is 4.00. The molecule has 1 N–H and O–H groups in total. The molecule has 0 radical (unpaired) electrons. The van der Waals surface area contributed by atoms with Crippen molar-refractivity contribution in [2.45, 2.75) is 33.7 Å². The van der Waals surface area contributed by atoms with Crippen LogP contribution < -0.4 is 10.1 Å². The number of rotatable bonds is 5. The molecule has 0 unspecified atom stereocenters. The van der Waals surface area contributed by atoms with Crippen molar-refractivity contribution >= 4 is 67.7 Å². The summed E-state index contributed by atoms with van der Waals surface area (Å²) in [5.41, 5.74) is 0.776. The van der Waals surface area contributed by atoms with Crippen molar-refractivity contribution in [2.75, 3.05) is 12.4 Å². The van der Waals surface area contributed by atoms with Gasteiger partial charge in [-0.15, -0.1) is 0 Å². The van der Waals surface area contributed by atoms with E-state index in [4.69, 9.17) is 9.84 Å². The topological polar surface area (TPSA) is 56.1 Å². The van der Waals surface area contributed by atoms with Crippen LogP contribution in [0.1, 0.15) is 42.1 Å². The quantitative estimate of drug-likeness (QED) is 0.253. The van der Waals surface area contributed by atoms with Crippen molar-refractivity contribution in [3.8, 4) is 5.75 Å². The molecule has 3 aromatic rings. The normalized spacial score (nSPS) is 19.0. The van der Waals surface area contributed by atoms with Crippen LogP contribution >= 0.6 is 45.2 Å². The Morgan fingerprint density at radius 1 is 1.19 bits per heavy atom. The minimum atomic E-state index is -0.789. The summed E-state index contributed by atoms with van der Waals surface area (Å²) >= 11 is 4.99. The van der Waals surface area contributed by atoms with Crippen molar-refractivity contribution in [1.82, 2.24) is 9.78 Å². The van der Waals surface area contributed by atoms with Crippen molar-refractivity contribution in [3.63, 3.8) is 0 Å². The van der Waals surface area contributed by atoms with Crippen LogP contribution in [0.15, 0.2) is 36.5 Å². The van der Waals surface area contributed by atoms with E-state index in [2.05, 4.69) is 50.5 Å². The van der Waals surface area contributed by atoms with Crippen molar-refractivity contribution in [3.05, 3.63) is 53.7 Å². The van der Waals surface area contributed by atoms with E-state index in [1.807, 2.05) is 10.9 Å². The third-order valence-corrected chi connectivity index (χ3v) is 7.77. The van der Waals surface area contributed by atoms with E-state index in [-0.39, 0.29) is 5.56 Å². The fourth-order valence-corrected chi connectivity index (χ4v) is 5.44. The number of hydrogen-bond acceptors (Lipinski definition) is 3. The Balaban J connectivity index is 1.59. The second kappa shape index (κ2) is 9.55. The molecular weight excluding hydrogens is 630 g/mol. The maximum Gasteiger partial charge on any atom is 0.258 e. The summed E-state index contributed by atoms with van der Waals surface area (Å²) in [5, 5.41) is 8.21. The molecule has 1 aliphatic rings. The van der Waals surface area contributed by atoms with Crippen LogP contribution in [0.2, 0.25) is 0 Å². The minimum Gasteiger partial charge on any atom is -0.494 e. The number of nitrogens with one attached hydrogen (secondary N) is 1. The number of benzene rings is 2. The lowest BCUT2D eigenvalue weighted by molar-refractivity contribution is 0.102. The molecule has 1 saturated carbocycles. The lowest BCUT2D eigenvalue weighted by atomic mass is 9.87. The van der Waals surface area contributed by atoms with Gasteiger partial charge in [-0.1, -0.05) is 45.2 Å². The average Bonchev–Trinajstić information content (AvgIpc) is 3.17. The Hall–Kier alpha value is -1.50. The molecule has 1 heterocycles. The molecule has 2 aromatic carbocycles. The van der Waals surface area contributed by atoms with Crippen molar-refractivity contribution < 1.29 is 18.3 Å². The van der Waals surface area contributed by atoms with E-state index in [1.165, 1.54) is 20.0 Å². The fraction of sp³-hybridized carbons (Fsp3) is 0.364. The molecule has 164 valence electrons. The molecule has 0 bridgehead atoms. The van der Waals surface area contributed by atoms with Crippen molar-refractivity contribution in [1.29, 1.82) is 0 Å². The van der Waals surface area contributed by atoms with Gasteiger partial charge in [-0.05, 0) is 55.9 Å². The molecule has 9 heteroatoms. The number of anilines is 1. The van der Waals surface area contributed by atoms with Gasteiger partial charge < -0.3 is 10.1 Å². The lowest BCUT2D eigenvalue weighted by Crippen LogP contribution is -2.21. The molecule has 1 amide bonds. The summed E-state index contributed by atoms with van der Waals surface area (Å²) in [6.07, 6.45) is 6.51. The second-order valence-corrected chi connectivity index (χ2v) is 12.8. The highest BCUT2D eigenvalue weighted by atomic mass is 127. The number of carbonyl (C=O) groups is 1. The van der Waals surface area contributed by atoms with Gasteiger partial charge in [-0.25, -0.2) is 8.78 Å². The zero-order chi connectivity index (χ0) is 22.1. The average molecular weight is 651 g/mol. The van der Waals surface area contributed by atoms with Gasteiger partial charge in [-0.2, -0.15) is 5.10 Å². The standard InChI is InChI=1S/C22H21F2I2N3O2/c1-31-20-10-18-13(11-29(28-18)15-5-2-12(3-6-15)21(25)26)8-19(20)27-22(30)16-9-14(23)4-7-17(16)24/h4,7-12,15,21H,2-3,5-6H2,1H3,(H,27,30)/t12-,15-. The van der Waals surface area contributed by atoms with E-state index in [1.54, 1.807) is 12.1 Å². The van der Waals surface area contributed by atoms with Gasteiger partial charge >= 0.3 is 0 Å². The number of aromatic nitrogens is 2. The second-order valence-electron chi connectivity index (χ2n) is 7.70. The number of alkyl halides is 2. The number of carbonyl (C=O) groups excluding carboxylic acids is 1. The van der Waals surface area contributed by atoms with Crippen LogP contribution in [0.5, 0.6) is 5.75 Å². The largest absolute Gasteiger partial charge is 0.494 e. The van der Waals surface area contributed by atoms with Crippen LogP contribution in [0.25, 0.3) is 10.9 Å². The summed E-state index contributed by atoms with van der Waals surface area (Å²) < 4.78 is 35.5. The zero-order valence-corrected chi connectivity index (χ0v) is 21.1. The number of nitrogens with zero attached hydrogens (tertiary/aromatic N) is 2. The lowest BCUT2D eigenvalue weighted by Gasteiger charge is -2.29. The van der Waals surface area contributed by atoms with E-state index in [0.29, 0.717) is 19.4 Å². The Morgan fingerprint density at radius 3 is 2.61 bits per heavy atom. The minimum absolute atomic E-state index is 0.348. The summed E-state index contributed by atoms with van der Waals surface area (Å²) in [6, 6.07) is 6.63. The van der Waals surface area contributed by atoms with Gasteiger partial charge in [0.15, 0.2) is 0 Å². The molecule has 5 nitrogen and oxygen atoms in total. The number of hydrogen-bond donors (Lipinski definition) is 1. The maximum absolute atomic E-state index is 14.0. The van der Waals surface area contributed by atoms with E-state index < -0.39 is 17.5 Å². The highest BCUT2D eigenvalue weighted by Crippen LogP contribution is 2.39. The highest BCUT2D eigenvalue weighted by Gasteiger charge is 2.26. The van der Waals surface area contributed by atoms with E-state index in [9.17, 15) is 13.6 Å². The Bertz CT molecular complexity index is 1110. The first-order valence-electron chi connectivity index (χ1n) is 9.97. The van der Waals surface area contributed by atoms with Gasteiger partial charge in [0.2, 0.25) is 0 Å². The Labute approximate surface area is 206 Å². The number of fused-ring (bicyclic) bond motifs is 1. The monoisotopic (exact) mass is 651 g/mol. The predicted molar refractivity (Wildman–Crippen MR) is 133 cm³/mol. The number of ether oxygens (including phenoxy) is 1. The van der Waals surface area contributed by atoms with Gasteiger partial charge in [0.25, 0.3) is 5.91 Å². The molecular formula is C22H21F2I2N3O2. The number of amides is 1. The molecule has 0 saturated heterocycles. The van der Waals surface area contributed by atoms with E-state index >= 15 is 0 Å². The zero-order valence-electron chi connectivity index (χ0n) is 16.7. The molecule has 0 spiro atoms. The SMILES string of the molecule is COc1cc2nn([C@H]3CC[C@H](C(I)I)CC3)cc2cc1NC(=O)c1cc(F)ccc1F. The van der Waals surface area contributed by atoms with Gasteiger partial charge in [0.05, 0.1) is 31.9 Å². The van der Waals surface area contributed by atoms with Crippen molar-refractivity contribution in [2.24, 2.45) is 5.92 Å².